The molecule has 2 saturated heterocycles. The Labute approximate surface area is 168 Å². The molecule has 4 rings (SSSR count). The lowest BCUT2D eigenvalue weighted by Gasteiger charge is -2.44. The summed E-state index contributed by atoms with van der Waals surface area (Å²) in [6, 6.07) is 21.1. The number of hydrogen-bond acceptors (Lipinski definition) is 3. The van der Waals surface area contributed by atoms with E-state index in [-0.39, 0.29) is 5.41 Å². The Hall–Kier alpha value is -2.17. The molecule has 0 bridgehead atoms. The summed E-state index contributed by atoms with van der Waals surface area (Å²) in [7, 11) is 0. The molecule has 2 aromatic rings. The van der Waals surface area contributed by atoms with E-state index in [9.17, 15) is 4.79 Å². The van der Waals surface area contributed by atoms with Gasteiger partial charge in [0.1, 0.15) is 0 Å². The number of likely N-dealkylation sites (tertiary alicyclic amines) is 1. The summed E-state index contributed by atoms with van der Waals surface area (Å²) in [5.41, 5.74) is 2.32. The first kappa shape index (κ1) is 19.2. The molecule has 0 spiro atoms. The Balaban J connectivity index is 1.48. The van der Waals surface area contributed by atoms with Crippen LogP contribution in [0.4, 0.5) is 0 Å². The summed E-state index contributed by atoms with van der Waals surface area (Å²) in [6.07, 6.45) is 2.68. The fourth-order valence-corrected chi connectivity index (χ4v) is 4.54. The molecule has 2 aliphatic rings. The summed E-state index contributed by atoms with van der Waals surface area (Å²) in [5, 5.41) is 0. The van der Waals surface area contributed by atoms with Gasteiger partial charge in [0.05, 0.1) is 18.6 Å². The van der Waals surface area contributed by atoms with Gasteiger partial charge in [0, 0.05) is 19.6 Å². The molecule has 0 radical (unpaired) electrons. The number of rotatable bonds is 5. The molecular weight excluding hydrogens is 348 g/mol. The van der Waals surface area contributed by atoms with Crippen LogP contribution in [0.2, 0.25) is 0 Å². The molecule has 2 heterocycles. The van der Waals surface area contributed by atoms with Crippen molar-refractivity contribution in [3.8, 4) is 0 Å². The first-order valence-corrected chi connectivity index (χ1v) is 10.4. The lowest BCUT2D eigenvalue weighted by Crippen LogP contribution is -2.53. The Kier molecular flexibility index (Phi) is 6.08. The van der Waals surface area contributed by atoms with Crippen molar-refractivity contribution in [2.24, 2.45) is 5.41 Å². The summed E-state index contributed by atoms with van der Waals surface area (Å²) in [5.74, 6) is 0.332. The van der Waals surface area contributed by atoms with E-state index in [0.29, 0.717) is 19.1 Å². The lowest BCUT2D eigenvalue weighted by atomic mass is 9.72. The van der Waals surface area contributed by atoms with Crippen LogP contribution in [0.1, 0.15) is 24.0 Å². The zero-order valence-corrected chi connectivity index (χ0v) is 16.6. The number of morpholine rings is 1. The van der Waals surface area contributed by atoms with Gasteiger partial charge in [0.15, 0.2) is 0 Å². The van der Waals surface area contributed by atoms with Gasteiger partial charge >= 0.3 is 0 Å². The third-order valence-electron chi connectivity index (χ3n) is 6.20. The van der Waals surface area contributed by atoms with Gasteiger partial charge in [-0.2, -0.15) is 0 Å². The van der Waals surface area contributed by atoms with Crippen molar-refractivity contribution in [2.75, 3.05) is 39.4 Å². The van der Waals surface area contributed by atoms with Crippen molar-refractivity contribution in [2.45, 2.75) is 25.8 Å². The second-order valence-electron chi connectivity index (χ2n) is 8.11. The Bertz CT molecular complexity index is 749. The second-order valence-corrected chi connectivity index (χ2v) is 8.11. The molecule has 4 nitrogen and oxygen atoms in total. The zero-order valence-electron chi connectivity index (χ0n) is 16.6. The van der Waals surface area contributed by atoms with Gasteiger partial charge in [-0.05, 0) is 43.5 Å². The fraction of sp³-hybridized carbons (Fsp3) is 0.458. The van der Waals surface area contributed by atoms with Crippen LogP contribution in [0.5, 0.6) is 0 Å². The van der Waals surface area contributed by atoms with Crippen LogP contribution in [0.3, 0.4) is 0 Å². The molecule has 0 unspecified atom stereocenters. The predicted octanol–water partition coefficient (Wildman–Crippen LogP) is 3.37. The van der Waals surface area contributed by atoms with Gasteiger partial charge in [-0.3, -0.25) is 9.69 Å². The second kappa shape index (κ2) is 8.89. The fourth-order valence-electron chi connectivity index (χ4n) is 4.54. The number of ether oxygens (including phenoxy) is 1. The molecule has 4 heteroatoms. The van der Waals surface area contributed by atoms with Crippen LogP contribution in [0.15, 0.2) is 60.7 Å². The highest BCUT2D eigenvalue weighted by molar-refractivity contribution is 5.83. The van der Waals surface area contributed by atoms with Crippen LogP contribution in [0.25, 0.3) is 0 Å². The third-order valence-corrected chi connectivity index (χ3v) is 6.20. The van der Waals surface area contributed by atoms with Crippen molar-refractivity contribution >= 4 is 5.91 Å². The highest BCUT2D eigenvalue weighted by Gasteiger charge is 2.43. The van der Waals surface area contributed by atoms with E-state index >= 15 is 0 Å². The summed E-state index contributed by atoms with van der Waals surface area (Å²) >= 11 is 0. The number of carbonyl (C=O) groups is 1. The van der Waals surface area contributed by atoms with Crippen molar-refractivity contribution in [1.82, 2.24) is 9.80 Å². The van der Waals surface area contributed by atoms with E-state index in [1.807, 2.05) is 11.0 Å². The van der Waals surface area contributed by atoms with E-state index in [1.165, 1.54) is 11.1 Å². The molecule has 28 heavy (non-hydrogen) atoms. The van der Waals surface area contributed by atoms with E-state index in [1.54, 1.807) is 0 Å². The molecule has 0 N–H and O–H groups in total. The standard InChI is InChI=1S/C24H30N2O2/c27-23(26-15-17-28-18-16-26)24(19-21-7-3-1-4-8-21)11-13-25(14-12-24)20-22-9-5-2-6-10-22/h1-10H,11-20H2. The van der Waals surface area contributed by atoms with Crippen molar-refractivity contribution < 1.29 is 9.53 Å². The molecule has 2 aliphatic heterocycles. The molecule has 0 saturated carbocycles. The summed E-state index contributed by atoms with van der Waals surface area (Å²) in [4.78, 5) is 18.1. The SMILES string of the molecule is O=C(N1CCOCC1)C1(Cc2ccccc2)CCN(Cc2ccccc2)CC1. The van der Waals surface area contributed by atoms with Crippen LogP contribution in [-0.2, 0) is 22.5 Å². The smallest absolute Gasteiger partial charge is 0.229 e. The van der Waals surface area contributed by atoms with Crippen LogP contribution in [0, 0.1) is 5.41 Å². The summed E-state index contributed by atoms with van der Waals surface area (Å²) in [6.45, 7) is 5.68. The summed E-state index contributed by atoms with van der Waals surface area (Å²) < 4.78 is 5.47. The number of nitrogens with zero attached hydrogens (tertiary/aromatic N) is 2. The van der Waals surface area contributed by atoms with Gasteiger partial charge in [-0.1, -0.05) is 60.7 Å². The topological polar surface area (TPSA) is 32.8 Å². The van der Waals surface area contributed by atoms with Crippen LogP contribution < -0.4 is 0 Å². The Morgan fingerprint density at radius 2 is 1.39 bits per heavy atom. The maximum Gasteiger partial charge on any atom is 0.229 e. The minimum absolute atomic E-state index is 0.286. The zero-order chi connectivity index (χ0) is 19.2. The van der Waals surface area contributed by atoms with E-state index in [0.717, 1.165) is 52.0 Å². The molecule has 2 fully saturated rings. The van der Waals surface area contributed by atoms with Crippen molar-refractivity contribution in [3.05, 3.63) is 71.8 Å². The molecule has 0 atom stereocenters. The van der Waals surface area contributed by atoms with Gasteiger partial charge in [0.2, 0.25) is 5.91 Å². The molecule has 0 aromatic heterocycles. The van der Waals surface area contributed by atoms with Gasteiger partial charge < -0.3 is 9.64 Å². The molecule has 0 aliphatic carbocycles. The monoisotopic (exact) mass is 378 g/mol. The minimum Gasteiger partial charge on any atom is -0.378 e. The van der Waals surface area contributed by atoms with E-state index in [2.05, 4.69) is 59.5 Å². The molecular formula is C24H30N2O2. The largest absolute Gasteiger partial charge is 0.378 e. The average Bonchev–Trinajstić information content (AvgIpc) is 2.77. The number of amides is 1. The first-order chi connectivity index (χ1) is 13.8. The molecule has 1 amide bonds. The highest BCUT2D eigenvalue weighted by Crippen LogP contribution is 2.38. The molecule has 148 valence electrons. The van der Waals surface area contributed by atoms with Crippen molar-refractivity contribution in [3.63, 3.8) is 0 Å². The third kappa shape index (κ3) is 4.45. The highest BCUT2D eigenvalue weighted by atomic mass is 16.5. The van der Waals surface area contributed by atoms with E-state index < -0.39 is 0 Å². The minimum atomic E-state index is -0.286. The quantitative estimate of drug-likeness (QED) is 0.800. The van der Waals surface area contributed by atoms with Gasteiger partial charge in [-0.25, -0.2) is 0 Å². The average molecular weight is 379 g/mol. The predicted molar refractivity (Wildman–Crippen MR) is 111 cm³/mol. The van der Waals surface area contributed by atoms with Gasteiger partial charge in [0.25, 0.3) is 0 Å². The number of benzene rings is 2. The number of carbonyl (C=O) groups excluding carboxylic acids is 1. The lowest BCUT2D eigenvalue weighted by molar-refractivity contribution is -0.149. The Morgan fingerprint density at radius 1 is 0.821 bits per heavy atom. The first-order valence-electron chi connectivity index (χ1n) is 10.4. The number of piperidine rings is 1. The Morgan fingerprint density at radius 3 is 2.00 bits per heavy atom. The normalized spacial score (nSPS) is 20.1. The van der Waals surface area contributed by atoms with Crippen molar-refractivity contribution in [1.29, 1.82) is 0 Å². The van der Waals surface area contributed by atoms with Gasteiger partial charge in [-0.15, -0.1) is 0 Å². The maximum atomic E-state index is 13.6. The number of hydrogen-bond donors (Lipinski definition) is 0. The molecule has 2 aromatic carbocycles. The maximum absolute atomic E-state index is 13.6. The van der Waals surface area contributed by atoms with E-state index in [4.69, 9.17) is 4.74 Å². The van der Waals surface area contributed by atoms with Crippen LogP contribution in [-0.4, -0.2) is 55.1 Å². The van der Waals surface area contributed by atoms with Crippen LogP contribution >= 0.6 is 0 Å².